The second-order valence-electron chi connectivity index (χ2n) is 11.9. The molecule has 3 aromatic rings. The molecule has 0 spiro atoms. The first kappa shape index (κ1) is 40.7. The number of carboxylic acids is 1. The highest BCUT2D eigenvalue weighted by atomic mass is 35.5. The molecule has 2 atom stereocenters. The number of amides is 6. The normalized spacial score (nSPS) is 16.2. The SMILES string of the molecule is O=C(NCCS(=O)(=O)N1CCN(C(=O)NC(C(=O)N[C@H]2Cc3ccc(F)c(C(=O)O)c3OB2O)c2ccc(P(=O)(O)O)cc2)C1=O)c1ccc(O)c(O)c1Cl. The zero-order valence-electron chi connectivity index (χ0n) is 27.7. The average Bonchev–Trinajstić information content (AvgIpc) is 3.51. The van der Waals surface area contributed by atoms with Crippen molar-refractivity contribution in [1.82, 2.24) is 25.2 Å². The van der Waals surface area contributed by atoms with Crippen LogP contribution in [-0.4, -0.2) is 116 Å². The first-order chi connectivity index (χ1) is 25.7. The molecule has 2 heterocycles. The number of benzene rings is 3. The quantitative estimate of drug-likeness (QED) is 0.0686. The molecule has 1 fully saturated rings. The summed E-state index contributed by atoms with van der Waals surface area (Å²) in [5, 5.41) is 45.2. The van der Waals surface area contributed by atoms with Crippen molar-refractivity contribution < 1.29 is 76.1 Å². The van der Waals surface area contributed by atoms with Crippen LogP contribution in [0.4, 0.5) is 14.0 Å². The van der Waals surface area contributed by atoms with Crippen LogP contribution in [0.2, 0.25) is 5.02 Å². The highest BCUT2D eigenvalue weighted by Crippen LogP contribution is 2.36. The Morgan fingerprint density at radius 1 is 1.05 bits per heavy atom. The van der Waals surface area contributed by atoms with Gasteiger partial charge in [0.1, 0.15) is 23.2 Å². The lowest BCUT2D eigenvalue weighted by Crippen LogP contribution is -2.56. The summed E-state index contributed by atoms with van der Waals surface area (Å²) >= 11 is 5.86. The van der Waals surface area contributed by atoms with Crippen molar-refractivity contribution in [2.45, 2.75) is 18.4 Å². The fourth-order valence-corrected chi connectivity index (χ4v) is 7.64. The number of aromatic carboxylic acids is 1. The zero-order valence-corrected chi connectivity index (χ0v) is 30.2. The lowest BCUT2D eigenvalue weighted by atomic mass is 9.72. The predicted octanol–water partition coefficient (Wildman–Crippen LogP) is -0.221. The van der Waals surface area contributed by atoms with Gasteiger partial charge in [0.2, 0.25) is 15.9 Å². The summed E-state index contributed by atoms with van der Waals surface area (Å²) in [5.74, 6) is -8.84. The number of hydrogen-bond donors (Lipinski definition) is 9. The molecule has 1 unspecified atom stereocenters. The molecule has 25 heteroatoms. The van der Waals surface area contributed by atoms with Crippen molar-refractivity contribution in [2.75, 3.05) is 25.4 Å². The Morgan fingerprint density at radius 2 is 1.73 bits per heavy atom. The molecule has 2 aliphatic heterocycles. The van der Waals surface area contributed by atoms with E-state index in [0.29, 0.717) is 9.21 Å². The number of phenols is 2. The van der Waals surface area contributed by atoms with Gasteiger partial charge in [-0.3, -0.25) is 14.2 Å². The predicted molar refractivity (Wildman–Crippen MR) is 187 cm³/mol. The Balaban J connectivity index is 1.30. The maximum Gasteiger partial charge on any atom is 0.547 e. The van der Waals surface area contributed by atoms with Crippen LogP contribution in [0.3, 0.4) is 0 Å². The van der Waals surface area contributed by atoms with Gasteiger partial charge in [-0.05, 0) is 47.9 Å². The lowest BCUT2D eigenvalue weighted by molar-refractivity contribution is -0.123. The van der Waals surface area contributed by atoms with Gasteiger partial charge in [-0.1, -0.05) is 29.8 Å². The number of fused-ring (bicyclic) bond motifs is 1. The molecule has 2 aliphatic rings. The fraction of sp³-hybridized carbons (Fsp3) is 0.233. The van der Waals surface area contributed by atoms with Crippen molar-refractivity contribution in [3.05, 3.63) is 81.6 Å². The molecule has 20 nitrogen and oxygen atoms in total. The Bertz CT molecular complexity index is 2250. The number of rotatable bonds is 11. The second-order valence-corrected chi connectivity index (χ2v) is 15.9. The van der Waals surface area contributed by atoms with E-state index in [0.717, 1.165) is 42.5 Å². The number of imide groups is 1. The van der Waals surface area contributed by atoms with Crippen molar-refractivity contribution in [1.29, 1.82) is 0 Å². The number of carbonyl (C=O) groups excluding carboxylic acids is 4. The van der Waals surface area contributed by atoms with Crippen molar-refractivity contribution in [2.24, 2.45) is 0 Å². The zero-order chi connectivity index (χ0) is 40.6. The van der Waals surface area contributed by atoms with Gasteiger partial charge in [-0.15, -0.1) is 0 Å². The maximum atomic E-state index is 14.2. The molecule has 3 aromatic carbocycles. The molecular weight excluding hydrogens is 799 g/mol. The molecule has 6 amide bonds. The third kappa shape index (κ3) is 8.61. The Labute approximate surface area is 314 Å². The molecule has 0 bridgehead atoms. The maximum absolute atomic E-state index is 14.2. The van der Waals surface area contributed by atoms with Crippen LogP contribution in [-0.2, 0) is 25.8 Å². The van der Waals surface area contributed by atoms with Crippen molar-refractivity contribution >= 4 is 71.5 Å². The van der Waals surface area contributed by atoms with Crippen molar-refractivity contribution in [3.63, 3.8) is 0 Å². The van der Waals surface area contributed by atoms with E-state index < -0.39 is 131 Å². The largest absolute Gasteiger partial charge is 0.547 e. The fourth-order valence-electron chi connectivity index (χ4n) is 5.58. The number of phenolic OH excluding ortho intramolecular Hbond substituents is 2. The summed E-state index contributed by atoms with van der Waals surface area (Å²) in [5.41, 5.74) is -1.15. The summed E-state index contributed by atoms with van der Waals surface area (Å²) in [6.45, 7) is -1.59. The number of hydrogen-bond acceptors (Lipinski definition) is 12. The first-order valence-corrected chi connectivity index (χ1v) is 19.3. The number of urea groups is 2. The monoisotopic (exact) mass is 827 g/mol. The van der Waals surface area contributed by atoms with Crippen LogP contribution in [0, 0.1) is 5.82 Å². The van der Waals surface area contributed by atoms with E-state index in [2.05, 4.69) is 16.0 Å². The Hall–Kier alpha value is -5.45. The van der Waals surface area contributed by atoms with Crippen LogP contribution in [0.15, 0.2) is 48.5 Å². The van der Waals surface area contributed by atoms with Gasteiger partial charge in [0, 0.05) is 6.54 Å². The van der Waals surface area contributed by atoms with Gasteiger partial charge >= 0.3 is 32.7 Å². The number of aromatic hydroxyl groups is 2. The summed E-state index contributed by atoms with van der Waals surface area (Å²) in [6, 6.07) is 3.77. The molecular formula is C30H29BClFN5O15PS. The Kier molecular flexibility index (Phi) is 11.6. The molecule has 0 saturated carbocycles. The number of nitrogens with one attached hydrogen (secondary N) is 3. The van der Waals surface area contributed by atoms with Gasteiger partial charge in [-0.25, -0.2) is 36.4 Å². The van der Waals surface area contributed by atoms with Crippen LogP contribution < -0.4 is 25.9 Å². The summed E-state index contributed by atoms with van der Waals surface area (Å²) < 4.78 is 57.6. The Morgan fingerprint density at radius 3 is 2.36 bits per heavy atom. The van der Waals surface area contributed by atoms with Crippen LogP contribution in [0.1, 0.15) is 37.9 Å². The molecule has 0 radical (unpaired) electrons. The van der Waals surface area contributed by atoms with Gasteiger partial charge in [0.25, 0.3) is 5.91 Å². The number of carbonyl (C=O) groups is 5. The standard InChI is InChI=1S/C30H29BClFN5O15PS/c32-22-17(6-8-19(39)24(22)40)26(41)34-9-12-55(51,52)38-11-10-37(30(38)46)29(45)36-23(14-1-4-16(5-2-14)54(48,49)50)27(42)35-20-13-15-3-7-18(33)21(28(43)44)25(15)53-31(20)47/h1-8,20,23,39-40,47H,9-13H2,(H,34,41)(H,35,42)(H,36,45)(H,43,44)(H2,48,49,50)/t20-,23?/m0/s1. The topological polar surface area (TPSA) is 310 Å². The van der Waals surface area contributed by atoms with E-state index >= 15 is 0 Å². The third-order valence-electron chi connectivity index (χ3n) is 8.38. The van der Waals surface area contributed by atoms with Gasteiger partial charge < -0.3 is 50.7 Å². The highest BCUT2D eigenvalue weighted by Gasteiger charge is 2.43. The minimum Gasteiger partial charge on any atom is -0.534 e. The first-order valence-electron chi connectivity index (χ1n) is 15.7. The van der Waals surface area contributed by atoms with Crippen LogP contribution >= 0.6 is 19.2 Å². The molecule has 5 rings (SSSR count). The van der Waals surface area contributed by atoms with Gasteiger partial charge in [0.05, 0.1) is 40.7 Å². The summed E-state index contributed by atoms with van der Waals surface area (Å²) in [7, 11) is -11.2. The number of sulfonamides is 1. The van der Waals surface area contributed by atoms with E-state index in [1.165, 1.54) is 6.07 Å². The molecule has 9 N–H and O–H groups in total. The van der Waals surface area contributed by atoms with E-state index in [1.807, 2.05) is 0 Å². The third-order valence-corrected chi connectivity index (χ3v) is 11.5. The minimum absolute atomic E-state index is 0.0907. The number of nitrogens with zero attached hydrogens (tertiary/aromatic N) is 2. The molecule has 1 saturated heterocycles. The molecule has 0 aliphatic carbocycles. The van der Waals surface area contributed by atoms with E-state index in [4.69, 9.17) is 16.3 Å². The average molecular weight is 828 g/mol. The lowest BCUT2D eigenvalue weighted by Gasteiger charge is -2.30. The van der Waals surface area contributed by atoms with Gasteiger partial charge in [0.15, 0.2) is 11.5 Å². The van der Waals surface area contributed by atoms with Crippen LogP contribution in [0.25, 0.3) is 0 Å². The van der Waals surface area contributed by atoms with Gasteiger partial charge in [-0.2, -0.15) is 0 Å². The minimum atomic E-state index is -4.76. The van der Waals surface area contributed by atoms with Crippen molar-refractivity contribution in [3.8, 4) is 17.2 Å². The molecule has 292 valence electrons. The van der Waals surface area contributed by atoms with E-state index in [9.17, 15) is 71.5 Å². The highest BCUT2D eigenvalue weighted by molar-refractivity contribution is 7.89. The number of halogens is 2. The smallest absolute Gasteiger partial charge is 0.534 e. The van der Waals surface area contributed by atoms with E-state index in [-0.39, 0.29) is 23.1 Å². The van der Waals surface area contributed by atoms with Crippen LogP contribution in [0.5, 0.6) is 17.2 Å². The molecule has 55 heavy (non-hydrogen) atoms. The summed E-state index contributed by atoms with van der Waals surface area (Å²) in [6.07, 6.45) is -0.289. The number of carboxylic acid groups (broad SMARTS) is 1. The molecule has 0 aromatic heterocycles. The summed E-state index contributed by atoms with van der Waals surface area (Å²) in [4.78, 5) is 83.9. The van der Waals surface area contributed by atoms with E-state index in [1.54, 1.807) is 0 Å². The second kappa shape index (κ2) is 15.7.